The zero-order chi connectivity index (χ0) is 21.4. The predicted octanol–water partition coefficient (Wildman–Crippen LogP) is 3.65. The second-order valence-corrected chi connectivity index (χ2v) is 6.21. The highest BCUT2D eigenvalue weighted by atomic mass is 16.5. The number of nitrogens with one attached hydrogen (secondary N) is 1. The van der Waals surface area contributed by atoms with Gasteiger partial charge >= 0.3 is 11.9 Å². The number of aromatic amines is 1. The Hall–Kier alpha value is -3.35. The summed E-state index contributed by atoms with van der Waals surface area (Å²) in [6.07, 6.45) is 2.85. The molecule has 29 heavy (non-hydrogen) atoms. The Labute approximate surface area is 169 Å². The Morgan fingerprint density at radius 2 is 1.69 bits per heavy atom. The highest BCUT2D eigenvalue weighted by Gasteiger charge is 2.23. The van der Waals surface area contributed by atoms with E-state index in [0.29, 0.717) is 23.4 Å². The fourth-order valence-electron chi connectivity index (χ4n) is 2.84. The molecule has 0 atom stereocenters. The van der Waals surface area contributed by atoms with Gasteiger partial charge in [0.1, 0.15) is 11.4 Å². The van der Waals surface area contributed by atoms with E-state index in [4.69, 9.17) is 14.2 Å². The normalized spacial score (nSPS) is 10.8. The molecule has 1 N–H and O–H groups in total. The number of Topliss-reactive ketones (excluding diaryl/α,β-unsaturated/α-hetero) is 1. The van der Waals surface area contributed by atoms with Crippen LogP contribution in [-0.4, -0.2) is 42.5 Å². The average Bonchev–Trinajstić information content (AvgIpc) is 3.00. The molecule has 1 heterocycles. The van der Waals surface area contributed by atoms with Crippen molar-refractivity contribution in [3.8, 4) is 5.75 Å². The Balaban J connectivity index is 1.96. The van der Waals surface area contributed by atoms with Gasteiger partial charge in [0.15, 0.2) is 6.61 Å². The van der Waals surface area contributed by atoms with Crippen LogP contribution in [0.1, 0.15) is 51.5 Å². The Morgan fingerprint density at radius 1 is 1.00 bits per heavy atom. The summed E-state index contributed by atoms with van der Waals surface area (Å²) in [4.78, 5) is 39.2. The SMILES string of the molecule is CCOC(=O)c1[nH]c(C)c(C(=O)COC(=O)/C=C/c2ccc(OCC)cc2)c1C. The first-order chi connectivity index (χ1) is 13.9. The molecule has 0 aliphatic rings. The highest BCUT2D eigenvalue weighted by Crippen LogP contribution is 2.19. The number of aromatic nitrogens is 1. The topological polar surface area (TPSA) is 94.7 Å². The summed E-state index contributed by atoms with van der Waals surface area (Å²) < 4.78 is 15.4. The number of H-pyrrole nitrogens is 1. The van der Waals surface area contributed by atoms with Crippen LogP contribution >= 0.6 is 0 Å². The molecule has 0 bridgehead atoms. The number of benzene rings is 1. The van der Waals surface area contributed by atoms with Gasteiger partial charge in [-0.05, 0) is 57.0 Å². The summed E-state index contributed by atoms with van der Waals surface area (Å²) in [5.74, 6) is -0.807. The van der Waals surface area contributed by atoms with E-state index in [0.717, 1.165) is 11.3 Å². The number of hydrogen-bond acceptors (Lipinski definition) is 6. The summed E-state index contributed by atoms with van der Waals surface area (Å²) in [5, 5.41) is 0. The van der Waals surface area contributed by atoms with Crippen molar-refractivity contribution in [2.24, 2.45) is 0 Å². The lowest BCUT2D eigenvalue weighted by Crippen LogP contribution is -2.14. The van der Waals surface area contributed by atoms with E-state index in [1.807, 2.05) is 19.1 Å². The minimum absolute atomic E-state index is 0.231. The largest absolute Gasteiger partial charge is 0.494 e. The molecule has 0 saturated carbocycles. The van der Waals surface area contributed by atoms with E-state index in [2.05, 4.69) is 4.98 Å². The van der Waals surface area contributed by atoms with Crippen molar-refractivity contribution in [3.63, 3.8) is 0 Å². The minimum Gasteiger partial charge on any atom is -0.494 e. The molecule has 7 heteroatoms. The lowest BCUT2D eigenvalue weighted by atomic mass is 10.1. The molecule has 0 amide bonds. The minimum atomic E-state index is -0.635. The molecule has 7 nitrogen and oxygen atoms in total. The molecule has 0 aliphatic heterocycles. The summed E-state index contributed by atoms with van der Waals surface area (Å²) in [5.41, 5.74) is 2.36. The number of rotatable bonds is 9. The molecular weight excluding hydrogens is 374 g/mol. The van der Waals surface area contributed by atoms with Crippen LogP contribution in [0.2, 0.25) is 0 Å². The van der Waals surface area contributed by atoms with E-state index >= 15 is 0 Å². The van der Waals surface area contributed by atoms with Crippen LogP contribution in [0.4, 0.5) is 0 Å². The first-order valence-corrected chi connectivity index (χ1v) is 9.34. The van der Waals surface area contributed by atoms with Crippen molar-refractivity contribution in [1.82, 2.24) is 4.98 Å². The zero-order valence-corrected chi connectivity index (χ0v) is 17.0. The van der Waals surface area contributed by atoms with Gasteiger partial charge in [-0.25, -0.2) is 9.59 Å². The number of carbonyl (C=O) groups is 3. The molecule has 0 fully saturated rings. The van der Waals surface area contributed by atoms with Gasteiger partial charge in [0.2, 0.25) is 5.78 Å². The quantitative estimate of drug-likeness (QED) is 0.393. The fraction of sp³-hybridized carbons (Fsp3) is 0.318. The molecule has 0 radical (unpaired) electrons. The fourth-order valence-corrected chi connectivity index (χ4v) is 2.84. The molecule has 0 saturated heterocycles. The van der Waals surface area contributed by atoms with Gasteiger partial charge in [0.25, 0.3) is 0 Å². The van der Waals surface area contributed by atoms with Gasteiger partial charge in [0, 0.05) is 17.3 Å². The predicted molar refractivity (Wildman–Crippen MR) is 108 cm³/mol. The molecule has 2 aromatic rings. The van der Waals surface area contributed by atoms with Crippen LogP contribution in [0.3, 0.4) is 0 Å². The standard InChI is InChI=1S/C22H25NO6/c1-5-27-17-10-7-16(8-11-17)9-12-19(25)29-13-18(24)20-14(3)21(23-15(20)4)22(26)28-6-2/h7-12,23H,5-6,13H2,1-4H3/b12-9+. The van der Waals surface area contributed by atoms with Crippen molar-refractivity contribution < 1.29 is 28.6 Å². The van der Waals surface area contributed by atoms with Crippen molar-refractivity contribution >= 4 is 23.8 Å². The first kappa shape index (κ1) is 21.9. The summed E-state index contributed by atoms with van der Waals surface area (Å²) in [6.45, 7) is 7.32. The van der Waals surface area contributed by atoms with Crippen LogP contribution in [0, 0.1) is 13.8 Å². The maximum atomic E-state index is 12.5. The molecule has 1 aromatic carbocycles. The smallest absolute Gasteiger partial charge is 0.355 e. The number of ketones is 1. The van der Waals surface area contributed by atoms with Crippen LogP contribution in [-0.2, 0) is 14.3 Å². The molecular formula is C22H25NO6. The second-order valence-electron chi connectivity index (χ2n) is 6.21. The van der Waals surface area contributed by atoms with Crippen LogP contribution in [0.15, 0.2) is 30.3 Å². The number of esters is 2. The molecule has 0 unspecified atom stereocenters. The van der Waals surface area contributed by atoms with Crippen molar-refractivity contribution in [1.29, 1.82) is 0 Å². The zero-order valence-electron chi connectivity index (χ0n) is 17.0. The second kappa shape index (κ2) is 10.3. The van der Waals surface area contributed by atoms with Gasteiger partial charge in [-0.2, -0.15) is 0 Å². The third-order valence-corrected chi connectivity index (χ3v) is 4.14. The van der Waals surface area contributed by atoms with E-state index in [-0.39, 0.29) is 12.3 Å². The van der Waals surface area contributed by atoms with Gasteiger partial charge < -0.3 is 19.2 Å². The van der Waals surface area contributed by atoms with Crippen LogP contribution in [0.25, 0.3) is 6.08 Å². The number of carbonyl (C=O) groups excluding carboxylic acids is 3. The molecule has 2 rings (SSSR count). The number of ether oxygens (including phenoxy) is 3. The van der Waals surface area contributed by atoms with E-state index < -0.39 is 24.3 Å². The summed E-state index contributed by atoms with van der Waals surface area (Å²) in [7, 11) is 0. The van der Waals surface area contributed by atoms with Crippen molar-refractivity contribution in [3.05, 3.63) is 58.4 Å². The van der Waals surface area contributed by atoms with Gasteiger partial charge in [-0.3, -0.25) is 4.79 Å². The maximum absolute atomic E-state index is 12.5. The van der Waals surface area contributed by atoms with Crippen LogP contribution < -0.4 is 4.74 Å². The molecule has 154 valence electrons. The van der Waals surface area contributed by atoms with Crippen molar-refractivity contribution in [2.75, 3.05) is 19.8 Å². The van der Waals surface area contributed by atoms with E-state index in [9.17, 15) is 14.4 Å². The summed E-state index contributed by atoms with van der Waals surface area (Å²) in [6, 6.07) is 7.22. The molecule has 1 aromatic heterocycles. The van der Waals surface area contributed by atoms with Gasteiger partial charge in [0.05, 0.1) is 13.2 Å². The Bertz CT molecular complexity index is 908. The lowest BCUT2D eigenvalue weighted by molar-refractivity contribution is -0.136. The van der Waals surface area contributed by atoms with Crippen LogP contribution in [0.5, 0.6) is 5.75 Å². The molecule has 0 spiro atoms. The number of hydrogen-bond donors (Lipinski definition) is 1. The van der Waals surface area contributed by atoms with Gasteiger partial charge in [-0.15, -0.1) is 0 Å². The Morgan fingerprint density at radius 3 is 2.31 bits per heavy atom. The van der Waals surface area contributed by atoms with Gasteiger partial charge in [-0.1, -0.05) is 12.1 Å². The monoisotopic (exact) mass is 399 g/mol. The highest BCUT2D eigenvalue weighted by molar-refractivity contribution is 6.04. The van der Waals surface area contributed by atoms with E-state index in [1.54, 1.807) is 39.0 Å². The number of aryl methyl sites for hydroxylation is 1. The third kappa shape index (κ3) is 5.81. The summed E-state index contributed by atoms with van der Waals surface area (Å²) >= 11 is 0. The first-order valence-electron chi connectivity index (χ1n) is 9.34. The average molecular weight is 399 g/mol. The lowest BCUT2D eigenvalue weighted by Gasteiger charge is -2.04. The van der Waals surface area contributed by atoms with E-state index in [1.165, 1.54) is 6.08 Å². The Kier molecular flexibility index (Phi) is 7.77. The maximum Gasteiger partial charge on any atom is 0.355 e. The van der Waals surface area contributed by atoms with Crippen molar-refractivity contribution in [2.45, 2.75) is 27.7 Å². The molecule has 0 aliphatic carbocycles. The third-order valence-electron chi connectivity index (χ3n) is 4.14.